The van der Waals surface area contributed by atoms with E-state index in [0.717, 1.165) is 10.0 Å². The molecule has 0 unspecified atom stereocenters. The summed E-state index contributed by atoms with van der Waals surface area (Å²) in [5.74, 6) is -0.225. The number of hydrogen-bond acceptors (Lipinski definition) is 2. The highest BCUT2D eigenvalue weighted by atomic mass is 79.9. The van der Waals surface area contributed by atoms with Crippen molar-refractivity contribution in [1.29, 1.82) is 0 Å². The summed E-state index contributed by atoms with van der Waals surface area (Å²) in [7, 11) is 0. The van der Waals surface area contributed by atoms with Crippen LogP contribution >= 0.6 is 15.9 Å². The zero-order chi connectivity index (χ0) is 17.6. The Morgan fingerprint density at radius 2 is 1.72 bits per heavy atom. The van der Waals surface area contributed by atoms with Gasteiger partial charge in [0.05, 0.1) is 5.69 Å². The van der Waals surface area contributed by atoms with Crippen molar-refractivity contribution >= 4 is 33.7 Å². The van der Waals surface area contributed by atoms with Gasteiger partial charge in [-0.25, -0.2) is 9.18 Å². The standard InChI is InChI=1S/C19H19BrFN3O/c20-16-6-2-1-5-15(16)9-10-22-19(25)24-13-11-23(12-14-24)18-8-4-3-7-17(18)21/h1-10H,11-14H2,(H,22,25)/b10-9+. The highest BCUT2D eigenvalue weighted by molar-refractivity contribution is 9.10. The summed E-state index contributed by atoms with van der Waals surface area (Å²) < 4.78 is 14.8. The lowest BCUT2D eigenvalue weighted by Gasteiger charge is -2.35. The number of piperazine rings is 1. The fraction of sp³-hybridized carbons (Fsp3) is 0.211. The number of nitrogens with one attached hydrogen (secondary N) is 1. The minimum Gasteiger partial charge on any atom is -0.366 e. The van der Waals surface area contributed by atoms with Crippen LogP contribution < -0.4 is 10.2 Å². The molecule has 0 aliphatic carbocycles. The zero-order valence-electron chi connectivity index (χ0n) is 13.7. The van der Waals surface area contributed by atoms with Gasteiger partial charge in [0.25, 0.3) is 0 Å². The van der Waals surface area contributed by atoms with E-state index in [2.05, 4.69) is 21.2 Å². The van der Waals surface area contributed by atoms with Crippen LogP contribution in [0.4, 0.5) is 14.9 Å². The minimum absolute atomic E-state index is 0.142. The SMILES string of the molecule is O=C(N/C=C/c1ccccc1Br)N1CCN(c2ccccc2F)CC1. The van der Waals surface area contributed by atoms with Crippen LogP contribution in [0, 0.1) is 5.82 Å². The number of carbonyl (C=O) groups excluding carboxylic acids is 1. The maximum Gasteiger partial charge on any atom is 0.321 e. The number of urea groups is 1. The molecule has 6 heteroatoms. The van der Waals surface area contributed by atoms with Crippen LogP contribution in [-0.2, 0) is 0 Å². The Morgan fingerprint density at radius 1 is 1.04 bits per heavy atom. The first-order valence-electron chi connectivity index (χ1n) is 8.11. The molecule has 2 amide bonds. The number of hydrogen-bond donors (Lipinski definition) is 1. The molecule has 2 aromatic rings. The van der Waals surface area contributed by atoms with Crippen molar-refractivity contribution in [3.05, 3.63) is 70.6 Å². The van der Waals surface area contributed by atoms with E-state index in [4.69, 9.17) is 0 Å². The molecule has 1 N–H and O–H groups in total. The first-order chi connectivity index (χ1) is 12.1. The Hall–Kier alpha value is -2.34. The van der Waals surface area contributed by atoms with Crippen molar-refractivity contribution < 1.29 is 9.18 Å². The summed E-state index contributed by atoms with van der Waals surface area (Å²) in [6, 6.07) is 14.4. The van der Waals surface area contributed by atoms with Gasteiger partial charge in [-0.1, -0.05) is 46.3 Å². The molecule has 2 aromatic carbocycles. The summed E-state index contributed by atoms with van der Waals surface area (Å²) in [5, 5.41) is 2.79. The first kappa shape index (κ1) is 17.5. The fourth-order valence-corrected chi connectivity index (χ4v) is 3.18. The topological polar surface area (TPSA) is 35.6 Å². The van der Waals surface area contributed by atoms with Gasteiger partial charge in [0.15, 0.2) is 0 Å². The molecule has 3 rings (SSSR count). The van der Waals surface area contributed by atoms with Gasteiger partial charge in [0.2, 0.25) is 0 Å². The largest absolute Gasteiger partial charge is 0.366 e. The summed E-state index contributed by atoms with van der Waals surface area (Å²) in [5.41, 5.74) is 1.59. The highest BCUT2D eigenvalue weighted by Crippen LogP contribution is 2.20. The monoisotopic (exact) mass is 403 g/mol. The van der Waals surface area contributed by atoms with Crippen molar-refractivity contribution in [2.45, 2.75) is 0 Å². The molecule has 130 valence electrons. The second kappa shape index (κ2) is 8.16. The van der Waals surface area contributed by atoms with E-state index < -0.39 is 0 Å². The average Bonchev–Trinajstić information content (AvgIpc) is 2.64. The molecule has 0 atom stereocenters. The number of para-hydroxylation sites is 1. The molecule has 25 heavy (non-hydrogen) atoms. The van der Waals surface area contributed by atoms with Crippen molar-refractivity contribution in [3.63, 3.8) is 0 Å². The maximum atomic E-state index is 13.8. The number of anilines is 1. The van der Waals surface area contributed by atoms with Gasteiger partial charge in [-0.05, 0) is 29.8 Å². The molecule has 0 saturated carbocycles. The lowest BCUT2D eigenvalue weighted by Crippen LogP contribution is -2.51. The maximum absolute atomic E-state index is 13.8. The van der Waals surface area contributed by atoms with Crippen molar-refractivity contribution in [2.75, 3.05) is 31.1 Å². The highest BCUT2D eigenvalue weighted by Gasteiger charge is 2.22. The molecule has 0 bridgehead atoms. The predicted molar refractivity (Wildman–Crippen MR) is 102 cm³/mol. The predicted octanol–water partition coefficient (Wildman–Crippen LogP) is 4.09. The van der Waals surface area contributed by atoms with Crippen LogP contribution in [-0.4, -0.2) is 37.1 Å². The molecule has 4 nitrogen and oxygen atoms in total. The fourth-order valence-electron chi connectivity index (χ4n) is 2.76. The number of benzene rings is 2. The Balaban J connectivity index is 1.52. The second-order valence-corrected chi connectivity index (χ2v) is 6.58. The van der Waals surface area contributed by atoms with Gasteiger partial charge in [-0.15, -0.1) is 0 Å². The van der Waals surface area contributed by atoms with E-state index in [9.17, 15) is 9.18 Å². The van der Waals surface area contributed by atoms with Gasteiger partial charge < -0.3 is 15.1 Å². The molecule has 1 fully saturated rings. The van der Waals surface area contributed by atoms with Crippen LogP contribution in [0.2, 0.25) is 0 Å². The molecule has 1 heterocycles. The van der Waals surface area contributed by atoms with Gasteiger partial charge in [0, 0.05) is 36.9 Å². The van der Waals surface area contributed by atoms with E-state index in [1.54, 1.807) is 23.2 Å². The van der Waals surface area contributed by atoms with Crippen LogP contribution in [0.15, 0.2) is 59.2 Å². The van der Waals surface area contributed by atoms with E-state index in [0.29, 0.717) is 31.9 Å². The van der Waals surface area contributed by atoms with Crippen molar-refractivity contribution in [2.24, 2.45) is 0 Å². The van der Waals surface area contributed by atoms with E-state index >= 15 is 0 Å². The molecular weight excluding hydrogens is 385 g/mol. The third kappa shape index (κ3) is 4.39. The van der Waals surface area contributed by atoms with Gasteiger partial charge in [-0.3, -0.25) is 0 Å². The Bertz CT molecular complexity index is 773. The Kier molecular flexibility index (Phi) is 5.71. The molecule has 1 saturated heterocycles. The van der Waals surface area contributed by atoms with Crippen LogP contribution in [0.25, 0.3) is 6.08 Å². The van der Waals surface area contributed by atoms with E-state index in [1.807, 2.05) is 41.3 Å². The Labute approximate surface area is 155 Å². The quantitative estimate of drug-likeness (QED) is 0.837. The summed E-state index contributed by atoms with van der Waals surface area (Å²) in [6.07, 6.45) is 3.49. The van der Waals surface area contributed by atoms with Crippen molar-refractivity contribution in [3.8, 4) is 0 Å². The number of rotatable bonds is 3. The number of amides is 2. The molecule has 1 aliphatic heterocycles. The third-order valence-electron chi connectivity index (χ3n) is 4.13. The smallest absolute Gasteiger partial charge is 0.321 e. The van der Waals surface area contributed by atoms with Crippen molar-refractivity contribution in [1.82, 2.24) is 10.2 Å². The number of carbonyl (C=O) groups is 1. The van der Waals surface area contributed by atoms with Crippen LogP contribution in [0.5, 0.6) is 0 Å². The molecule has 0 spiro atoms. The average molecular weight is 404 g/mol. The van der Waals surface area contributed by atoms with E-state index in [1.165, 1.54) is 6.07 Å². The molecule has 0 aromatic heterocycles. The lowest BCUT2D eigenvalue weighted by molar-refractivity contribution is 0.198. The normalized spacial score (nSPS) is 14.8. The van der Waals surface area contributed by atoms with Crippen LogP contribution in [0.1, 0.15) is 5.56 Å². The summed E-state index contributed by atoms with van der Waals surface area (Å²) >= 11 is 3.46. The molecular formula is C19H19BrFN3O. The minimum atomic E-state index is -0.225. The van der Waals surface area contributed by atoms with Gasteiger partial charge in [0.1, 0.15) is 5.82 Å². The number of halogens is 2. The third-order valence-corrected chi connectivity index (χ3v) is 4.86. The van der Waals surface area contributed by atoms with Gasteiger partial charge >= 0.3 is 6.03 Å². The summed E-state index contributed by atoms with van der Waals surface area (Å²) in [6.45, 7) is 2.34. The first-order valence-corrected chi connectivity index (χ1v) is 8.90. The van der Waals surface area contributed by atoms with Crippen LogP contribution in [0.3, 0.4) is 0 Å². The van der Waals surface area contributed by atoms with Gasteiger partial charge in [-0.2, -0.15) is 0 Å². The van der Waals surface area contributed by atoms with E-state index in [-0.39, 0.29) is 11.8 Å². The second-order valence-electron chi connectivity index (χ2n) is 5.73. The molecule has 1 aliphatic rings. The lowest BCUT2D eigenvalue weighted by atomic mass is 10.2. The number of nitrogens with zero attached hydrogens (tertiary/aromatic N) is 2. The summed E-state index contributed by atoms with van der Waals surface area (Å²) in [4.78, 5) is 15.9. The Morgan fingerprint density at radius 3 is 2.44 bits per heavy atom. The zero-order valence-corrected chi connectivity index (χ0v) is 15.2. The molecule has 0 radical (unpaired) electrons.